The Labute approximate surface area is 102 Å². The lowest BCUT2D eigenvalue weighted by molar-refractivity contribution is 0.107. The van der Waals surface area contributed by atoms with Crippen LogP contribution in [0.3, 0.4) is 0 Å². The van der Waals surface area contributed by atoms with Gasteiger partial charge in [-0.15, -0.1) is 0 Å². The third-order valence-corrected chi connectivity index (χ3v) is 3.60. The van der Waals surface area contributed by atoms with Crippen LogP contribution in [0.4, 0.5) is 4.39 Å². The standard InChI is InChI=1S/C14H20FNO/c1-14(15,13-8-3-4-9-16-13)11-6-5-7-12(10-11)17-2/h5-7,10,13,16H,3-4,8-9H2,1-2H3. The molecule has 2 unspecified atom stereocenters. The van der Waals surface area contributed by atoms with Crippen molar-refractivity contribution in [3.05, 3.63) is 29.8 Å². The smallest absolute Gasteiger partial charge is 0.148 e. The first-order chi connectivity index (χ1) is 8.14. The molecule has 2 rings (SSSR count). The zero-order chi connectivity index (χ0) is 12.3. The van der Waals surface area contributed by atoms with Gasteiger partial charge >= 0.3 is 0 Å². The molecule has 1 aromatic rings. The van der Waals surface area contributed by atoms with Crippen LogP contribution in [0, 0.1) is 0 Å². The lowest BCUT2D eigenvalue weighted by Gasteiger charge is -2.34. The first kappa shape index (κ1) is 12.4. The molecule has 17 heavy (non-hydrogen) atoms. The van der Waals surface area contributed by atoms with Gasteiger partial charge in [-0.3, -0.25) is 0 Å². The Morgan fingerprint density at radius 1 is 1.41 bits per heavy atom. The van der Waals surface area contributed by atoms with Crippen LogP contribution in [0.1, 0.15) is 31.7 Å². The van der Waals surface area contributed by atoms with Gasteiger partial charge in [-0.1, -0.05) is 18.6 Å². The molecule has 0 radical (unpaired) electrons. The number of nitrogens with one attached hydrogen (secondary N) is 1. The average molecular weight is 237 g/mol. The topological polar surface area (TPSA) is 21.3 Å². The van der Waals surface area contributed by atoms with Gasteiger partial charge in [0, 0.05) is 6.04 Å². The van der Waals surface area contributed by atoms with Crippen molar-refractivity contribution in [2.24, 2.45) is 0 Å². The zero-order valence-electron chi connectivity index (χ0n) is 10.5. The summed E-state index contributed by atoms with van der Waals surface area (Å²) in [6.45, 7) is 2.57. The molecule has 0 spiro atoms. The molecule has 1 saturated heterocycles. The SMILES string of the molecule is COc1cccc(C(C)(F)C2CCCCN2)c1. The Kier molecular flexibility index (Phi) is 3.67. The maximum Gasteiger partial charge on any atom is 0.148 e. The first-order valence-electron chi connectivity index (χ1n) is 6.21. The van der Waals surface area contributed by atoms with Crippen molar-refractivity contribution in [2.45, 2.75) is 37.9 Å². The molecule has 0 saturated carbocycles. The Morgan fingerprint density at radius 3 is 2.88 bits per heavy atom. The molecule has 0 aromatic heterocycles. The van der Waals surface area contributed by atoms with Crippen LogP contribution in [0.25, 0.3) is 0 Å². The van der Waals surface area contributed by atoms with Crippen LogP contribution in [-0.4, -0.2) is 19.7 Å². The normalized spacial score (nSPS) is 24.1. The van der Waals surface area contributed by atoms with E-state index in [-0.39, 0.29) is 6.04 Å². The summed E-state index contributed by atoms with van der Waals surface area (Å²) in [5.74, 6) is 0.710. The Balaban J connectivity index is 2.22. The minimum Gasteiger partial charge on any atom is -0.497 e. The van der Waals surface area contributed by atoms with Crippen molar-refractivity contribution in [1.29, 1.82) is 0 Å². The van der Waals surface area contributed by atoms with Gasteiger partial charge in [0.1, 0.15) is 11.4 Å². The van der Waals surface area contributed by atoms with E-state index in [4.69, 9.17) is 4.74 Å². The number of alkyl halides is 1. The van der Waals surface area contributed by atoms with Crippen LogP contribution in [0.5, 0.6) is 5.75 Å². The highest BCUT2D eigenvalue weighted by molar-refractivity contribution is 5.33. The average Bonchev–Trinajstić information content (AvgIpc) is 2.40. The van der Waals surface area contributed by atoms with E-state index in [0.29, 0.717) is 11.3 Å². The van der Waals surface area contributed by atoms with Gasteiger partial charge in [-0.25, -0.2) is 4.39 Å². The first-order valence-corrected chi connectivity index (χ1v) is 6.21. The van der Waals surface area contributed by atoms with Gasteiger partial charge < -0.3 is 10.1 Å². The number of halogens is 1. The molecule has 2 atom stereocenters. The molecule has 1 aliphatic heterocycles. The molecule has 1 fully saturated rings. The fourth-order valence-electron chi connectivity index (χ4n) is 2.44. The summed E-state index contributed by atoms with van der Waals surface area (Å²) >= 11 is 0. The predicted octanol–water partition coefficient (Wildman–Crippen LogP) is 3.02. The van der Waals surface area contributed by atoms with Crippen LogP contribution < -0.4 is 10.1 Å². The maximum absolute atomic E-state index is 14.9. The van der Waals surface area contributed by atoms with Gasteiger partial charge in [0.15, 0.2) is 0 Å². The highest BCUT2D eigenvalue weighted by Crippen LogP contribution is 2.34. The third-order valence-electron chi connectivity index (χ3n) is 3.60. The van der Waals surface area contributed by atoms with Gasteiger partial charge in [0.2, 0.25) is 0 Å². The van der Waals surface area contributed by atoms with Crippen molar-refractivity contribution in [3.63, 3.8) is 0 Å². The van der Waals surface area contributed by atoms with E-state index in [0.717, 1.165) is 25.8 Å². The second-order valence-electron chi connectivity index (χ2n) is 4.81. The molecule has 0 amide bonds. The minimum absolute atomic E-state index is 0.0941. The molecule has 0 aliphatic carbocycles. The number of hydrogen-bond acceptors (Lipinski definition) is 2. The highest BCUT2D eigenvalue weighted by Gasteiger charge is 2.36. The number of ether oxygens (including phenoxy) is 1. The summed E-state index contributed by atoms with van der Waals surface area (Å²) in [5, 5.41) is 3.28. The Morgan fingerprint density at radius 2 is 2.24 bits per heavy atom. The fraction of sp³-hybridized carbons (Fsp3) is 0.571. The summed E-state index contributed by atoms with van der Waals surface area (Å²) in [7, 11) is 1.60. The summed E-state index contributed by atoms with van der Waals surface area (Å²) in [4.78, 5) is 0. The molecule has 94 valence electrons. The summed E-state index contributed by atoms with van der Waals surface area (Å²) in [5.41, 5.74) is -0.647. The van der Waals surface area contributed by atoms with Crippen molar-refractivity contribution in [2.75, 3.05) is 13.7 Å². The molecule has 1 N–H and O–H groups in total. The van der Waals surface area contributed by atoms with Gasteiger partial charge in [-0.2, -0.15) is 0 Å². The summed E-state index contributed by atoms with van der Waals surface area (Å²) in [6, 6.07) is 7.21. The summed E-state index contributed by atoms with van der Waals surface area (Å²) in [6.07, 6.45) is 3.13. The van der Waals surface area contributed by atoms with Crippen molar-refractivity contribution in [1.82, 2.24) is 5.32 Å². The number of benzene rings is 1. The molecule has 1 aliphatic rings. The van der Waals surface area contributed by atoms with Crippen molar-refractivity contribution in [3.8, 4) is 5.75 Å². The fourth-order valence-corrected chi connectivity index (χ4v) is 2.44. The van der Waals surface area contributed by atoms with E-state index >= 15 is 0 Å². The molecular formula is C14H20FNO. The van der Waals surface area contributed by atoms with Gasteiger partial charge in [0.05, 0.1) is 7.11 Å². The molecule has 0 bridgehead atoms. The lowest BCUT2D eigenvalue weighted by atomic mass is 9.85. The number of piperidine rings is 1. The molecule has 3 heteroatoms. The highest BCUT2D eigenvalue weighted by atomic mass is 19.1. The van der Waals surface area contributed by atoms with Gasteiger partial charge in [0.25, 0.3) is 0 Å². The lowest BCUT2D eigenvalue weighted by Crippen LogP contribution is -2.46. The number of methoxy groups -OCH3 is 1. The van der Waals surface area contributed by atoms with Crippen LogP contribution in [0.15, 0.2) is 24.3 Å². The quantitative estimate of drug-likeness (QED) is 0.872. The number of hydrogen-bond donors (Lipinski definition) is 1. The van der Waals surface area contributed by atoms with E-state index in [1.54, 1.807) is 20.1 Å². The Bertz CT molecular complexity index is 372. The third kappa shape index (κ3) is 2.60. The van der Waals surface area contributed by atoms with Crippen molar-refractivity contribution < 1.29 is 9.13 Å². The summed E-state index contributed by atoms with van der Waals surface area (Å²) < 4.78 is 20.1. The van der Waals surface area contributed by atoms with E-state index in [1.165, 1.54) is 0 Å². The largest absolute Gasteiger partial charge is 0.497 e. The maximum atomic E-state index is 14.9. The number of rotatable bonds is 3. The van der Waals surface area contributed by atoms with Crippen LogP contribution in [0.2, 0.25) is 0 Å². The second kappa shape index (κ2) is 5.05. The van der Waals surface area contributed by atoms with Crippen LogP contribution >= 0.6 is 0 Å². The molecule has 1 aromatic carbocycles. The van der Waals surface area contributed by atoms with Gasteiger partial charge in [-0.05, 0) is 44.0 Å². The Hall–Kier alpha value is -1.09. The second-order valence-corrected chi connectivity index (χ2v) is 4.81. The molecule has 2 nitrogen and oxygen atoms in total. The van der Waals surface area contributed by atoms with Crippen molar-refractivity contribution >= 4 is 0 Å². The van der Waals surface area contributed by atoms with E-state index < -0.39 is 5.67 Å². The molecule has 1 heterocycles. The van der Waals surface area contributed by atoms with Crippen LogP contribution in [-0.2, 0) is 5.67 Å². The monoisotopic (exact) mass is 237 g/mol. The van der Waals surface area contributed by atoms with E-state index in [2.05, 4.69) is 5.32 Å². The zero-order valence-corrected chi connectivity index (χ0v) is 10.5. The van der Waals surface area contributed by atoms with E-state index in [9.17, 15) is 4.39 Å². The predicted molar refractivity (Wildman–Crippen MR) is 67.1 cm³/mol. The minimum atomic E-state index is -1.34. The van der Waals surface area contributed by atoms with E-state index in [1.807, 2.05) is 18.2 Å². The molecular weight excluding hydrogens is 217 g/mol.